The third-order valence-corrected chi connectivity index (χ3v) is 3.22. The fraction of sp³-hybridized carbons (Fsp3) is 0.385. The van der Waals surface area contributed by atoms with Crippen LogP contribution in [-0.2, 0) is 4.79 Å². The minimum Gasteiger partial charge on any atom is -0.508 e. The summed E-state index contributed by atoms with van der Waals surface area (Å²) in [6.07, 6.45) is 0.592. The van der Waals surface area contributed by atoms with E-state index in [-0.39, 0.29) is 17.7 Å². The van der Waals surface area contributed by atoms with Gasteiger partial charge in [-0.2, -0.15) is 0 Å². The van der Waals surface area contributed by atoms with E-state index in [1.54, 1.807) is 6.92 Å². The van der Waals surface area contributed by atoms with E-state index in [1.807, 2.05) is 0 Å². The standard InChI is InChI=1S/C13H15NO4/c1-8(3-2-6-15)14-12(17)10-5-4-9(16)7-11(10)13(14)18/h4-8,13,16,18H,2-3H2,1H3. The van der Waals surface area contributed by atoms with Gasteiger partial charge >= 0.3 is 0 Å². The zero-order valence-corrected chi connectivity index (χ0v) is 10.0. The number of carbonyl (C=O) groups is 2. The summed E-state index contributed by atoms with van der Waals surface area (Å²) in [5.41, 5.74) is 0.816. The Labute approximate surface area is 105 Å². The van der Waals surface area contributed by atoms with Crippen LogP contribution in [0.15, 0.2) is 18.2 Å². The third kappa shape index (κ3) is 1.97. The second-order valence-corrected chi connectivity index (χ2v) is 4.45. The van der Waals surface area contributed by atoms with Crippen molar-refractivity contribution in [2.75, 3.05) is 0 Å². The molecule has 5 heteroatoms. The monoisotopic (exact) mass is 249 g/mol. The molecule has 1 aliphatic rings. The summed E-state index contributed by atoms with van der Waals surface area (Å²) >= 11 is 0. The number of carbonyl (C=O) groups excluding carboxylic acids is 2. The Bertz CT molecular complexity index is 486. The fourth-order valence-corrected chi connectivity index (χ4v) is 2.25. The molecule has 0 bridgehead atoms. The molecular weight excluding hydrogens is 234 g/mol. The quantitative estimate of drug-likeness (QED) is 0.786. The zero-order valence-electron chi connectivity index (χ0n) is 10.0. The Kier molecular flexibility index (Phi) is 3.34. The number of amides is 1. The minimum atomic E-state index is -1.05. The first kappa shape index (κ1) is 12.6. The molecule has 0 fully saturated rings. The number of rotatable bonds is 4. The van der Waals surface area contributed by atoms with Gasteiger partial charge in [0.05, 0.1) is 0 Å². The number of fused-ring (bicyclic) bond motifs is 1. The second kappa shape index (κ2) is 4.78. The molecular formula is C13H15NO4. The maximum atomic E-state index is 12.1. The number of aldehydes is 1. The van der Waals surface area contributed by atoms with E-state index in [2.05, 4.69) is 0 Å². The number of aliphatic hydroxyl groups is 1. The van der Waals surface area contributed by atoms with Crippen LogP contribution >= 0.6 is 0 Å². The van der Waals surface area contributed by atoms with Crippen LogP contribution in [0.5, 0.6) is 5.75 Å². The molecule has 1 aromatic carbocycles. The van der Waals surface area contributed by atoms with Crippen molar-refractivity contribution in [1.29, 1.82) is 0 Å². The Morgan fingerprint density at radius 1 is 1.50 bits per heavy atom. The predicted molar refractivity (Wildman–Crippen MR) is 64.0 cm³/mol. The van der Waals surface area contributed by atoms with Crippen LogP contribution in [0.3, 0.4) is 0 Å². The van der Waals surface area contributed by atoms with Crippen molar-refractivity contribution in [3.8, 4) is 5.75 Å². The van der Waals surface area contributed by atoms with Crippen molar-refractivity contribution >= 4 is 12.2 Å². The van der Waals surface area contributed by atoms with E-state index in [0.29, 0.717) is 24.0 Å². The lowest BCUT2D eigenvalue weighted by Crippen LogP contribution is -2.36. The predicted octanol–water partition coefficient (Wildman–Crippen LogP) is 1.21. The van der Waals surface area contributed by atoms with Gasteiger partial charge in [-0.25, -0.2) is 0 Å². The Balaban J connectivity index is 2.27. The van der Waals surface area contributed by atoms with Gasteiger partial charge in [0.2, 0.25) is 0 Å². The molecule has 1 amide bonds. The van der Waals surface area contributed by atoms with Gasteiger partial charge in [-0.15, -0.1) is 0 Å². The van der Waals surface area contributed by atoms with Gasteiger partial charge in [-0.1, -0.05) is 0 Å². The molecule has 5 nitrogen and oxygen atoms in total. The average molecular weight is 249 g/mol. The fourth-order valence-electron chi connectivity index (χ4n) is 2.25. The highest BCUT2D eigenvalue weighted by atomic mass is 16.3. The summed E-state index contributed by atoms with van der Waals surface area (Å²) in [6.45, 7) is 1.79. The van der Waals surface area contributed by atoms with Crippen molar-refractivity contribution in [3.05, 3.63) is 29.3 Å². The minimum absolute atomic E-state index is 0.0167. The van der Waals surface area contributed by atoms with E-state index in [4.69, 9.17) is 0 Å². The van der Waals surface area contributed by atoms with Crippen LogP contribution in [0.1, 0.15) is 41.9 Å². The van der Waals surface area contributed by atoms with Gasteiger partial charge < -0.3 is 19.9 Å². The van der Waals surface area contributed by atoms with Crippen molar-refractivity contribution in [2.24, 2.45) is 0 Å². The molecule has 0 aromatic heterocycles. The number of nitrogens with zero attached hydrogens (tertiary/aromatic N) is 1. The van der Waals surface area contributed by atoms with Crippen molar-refractivity contribution in [2.45, 2.75) is 32.0 Å². The molecule has 2 unspecified atom stereocenters. The van der Waals surface area contributed by atoms with E-state index in [0.717, 1.165) is 6.29 Å². The summed E-state index contributed by atoms with van der Waals surface area (Å²) in [5.74, 6) is -0.251. The number of hydrogen-bond donors (Lipinski definition) is 2. The molecule has 0 aliphatic carbocycles. The maximum Gasteiger partial charge on any atom is 0.256 e. The Morgan fingerprint density at radius 2 is 2.22 bits per heavy atom. The lowest BCUT2D eigenvalue weighted by atomic mass is 10.1. The van der Waals surface area contributed by atoms with Gasteiger partial charge in [0.1, 0.15) is 12.0 Å². The van der Waals surface area contributed by atoms with Gasteiger partial charge in [-0.05, 0) is 31.5 Å². The van der Waals surface area contributed by atoms with Gasteiger partial charge in [0, 0.05) is 23.6 Å². The largest absolute Gasteiger partial charge is 0.508 e. The van der Waals surface area contributed by atoms with Crippen LogP contribution in [0.2, 0.25) is 0 Å². The van der Waals surface area contributed by atoms with Crippen molar-refractivity contribution in [1.82, 2.24) is 4.90 Å². The lowest BCUT2D eigenvalue weighted by molar-refractivity contribution is -0.108. The van der Waals surface area contributed by atoms with E-state index >= 15 is 0 Å². The summed E-state index contributed by atoms with van der Waals surface area (Å²) in [7, 11) is 0. The molecule has 1 heterocycles. The second-order valence-electron chi connectivity index (χ2n) is 4.45. The highest BCUT2D eigenvalue weighted by Crippen LogP contribution is 2.35. The van der Waals surface area contributed by atoms with E-state index < -0.39 is 6.23 Å². The summed E-state index contributed by atoms with van der Waals surface area (Å²) in [5, 5.41) is 19.5. The average Bonchev–Trinajstić information content (AvgIpc) is 2.59. The van der Waals surface area contributed by atoms with Crippen LogP contribution in [-0.4, -0.2) is 33.3 Å². The molecule has 2 rings (SSSR count). The molecule has 0 saturated heterocycles. The first-order valence-corrected chi connectivity index (χ1v) is 5.83. The van der Waals surface area contributed by atoms with Crippen LogP contribution in [0, 0.1) is 0 Å². The van der Waals surface area contributed by atoms with Gasteiger partial charge in [0.25, 0.3) is 5.91 Å². The number of aromatic hydroxyl groups is 1. The molecule has 0 saturated carbocycles. The molecule has 18 heavy (non-hydrogen) atoms. The topological polar surface area (TPSA) is 77.8 Å². The Hall–Kier alpha value is -1.88. The molecule has 0 spiro atoms. The highest BCUT2D eigenvalue weighted by molar-refractivity contribution is 5.99. The van der Waals surface area contributed by atoms with Crippen LogP contribution < -0.4 is 0 Å². The normalized spacial score (nSPS) is 19.8. The summed E-state index contributed by atoms with van der Waals surface area (Å²) in [6, 6.07) is 4.09. The molecule has 0 radical (unpaired) electrons. The smallest absolute Gasteiger partial charge is 0.256 e. The first-order valence-electron chi connectivity index (χ1n) is 5.83. The third-order valence-electron chi connectivity index (χ3n) is 3.22. The van der Waals surface area contributed by atoms with Crippen LogP contribution in [0.25, 0.3) is 0 Å². The van der Waals surface area contributed by atoms with Gasteiger partial charge in [-0.3, -0.25) is 4.79 Å². The van der Waals surface area contributed by atoms with Gasteiger partial charge in [0.15, 0.2) is 6.23 Å². The molecule has 2 atom stereocenters. The number of aliphatic hydroxyl groups excluding tert-OH is 1. The van der Waals surface area contributed by atoms with Crippen LogP contribution in [0.4, 0.5) is 0 Å². The number of benzene rings is 1. The number of hydrogen-bond acceptors (Lipinski definition) is 4. The zero-order chi connectivity index (χ0) is 13.3. The van der Waals surface area contributed by atoms with Crippen molar-refractivity contribution in [3.63, 3.8) is 0 Å². The molecule has 96 valence electrons. The summed E-state index contributed by atoms with van der Waals surface area (Å²) < 4.78 is 0. The van der Waals surface area contributed by atoms with Crippen molar-refractivity contribution < 1.29 is 19.8 Å². The first-order chi connectivity index (χ1) is 8.56. The molecule has 1 aromatic rings. The highest BCUT2D eigenvalue weighted by Gasteiger charge is 2.38. The maximum absolute atomic E-state index is 12.1. The Morgan fingerprint density at radius 3 is 2.89 bits per heavy atom. The summed E-state index contributed by atoms with van der Waals surface area (Å²) in [4.78, 5) is 23.8. The van der Waals surface area contributed by atoms with E-state index in [9.17, 15) is 19.8 Å². The lowest BCUT2D eigenvalue weighted by Gasteiger charge is -2.27. The van der Waals surface area contributed by atoms with E-state index in [1.165, 1.54) is 23.1 Å². The number of phenols is 1. The molecule has 2 N–H and O–H groups in total. The SMILES string of the molecule is CC(CCC=O)N1C(=O)c2ccc(O)cc2C1O. The number of phenolic OH excluding ortho intramolecular Hbond substituents is 1. The molecule has 1 aliphatic heterocycles.